The van der Waals surface area contributed by atoms with Crippen molar-refractivity contribution in [2.45, 2.75) is 26.1 Å². The molecule has 1 aromatic carbocycles. The molecule has 0 spiro atoms. The number of aromatic nitrogens is 2. The van der Waals surface area contributed by atoms with Crippen LogP contribution in [0.5, 0.6) is 11.5 Å². The number of morpholine rings is 1. The van der Waals surface area contributed by atoms with Gasteiger partial charge in [-0.1, -0.05) is 5.16 Å². The molecule has 0 aliphatic carbocycles. The summed E-state index contributed by atoms with van der Waals surface area (Å²) in [5.74, 6) is 2.67. The maximum atomic E-state index is 5.64. The van der Waals surface area contributed by atoms with E-state index >= 15 is 0 Å². The normalized spacial score (nSPS) is 18.8. The monoisotopic (exact) mass is 319 g/mol. The Hall–Kier alpha value is -2.12. The van der Waals surface area contributed by atoms with Crippen LogP contribution in [0.2, 0.25) is 0 Å². The van der Waals surface area contributed by atoms with Gasteiger partial charge in [-0.15, -0.1) is 0 Å². The van der Waals surface area contributed by atoms with Gasteiger partial charge in [-0.25, -0.2) is 0 Å². The summed E-state index contributed by atoms with van der Waals surface area (Å²) in [7, 11) is 1.63. The van der Waals surface area contributed by atoms with Gasteiger partial charge in [0.2, 0.25) is 11.7 Å². The molecule has 0 bridgehead atoms. The number of rotatable bonds is 6. The molecule has 1 aliphatic heterocycles. The van der Waals surface area contributed by atoms with Crippen LogP contribution in [-0.2, 0) is 17.9 Å². The van der Waals surface area contributed by atoms with Crippen molar-refractivity contribution in [2.24, 2.45) is 0 Å². The Morgan fingerprint density at radius 3 is 2.78 bits per heavy atom. The van der Waals surface area contributed by atoms with Crippen LogP contribution in [0.15, 0.2) is 28.8 Å². The molecule has 0 amide bonds. The topological polar surface area (TPSA) is 69.9 Å². The van der Waals surface area contributed by atoms with Crippen molar-refractivity contribution in [3.05, 3.63) is 36.0 Å². The zero-order chi connectivity index (χ0) is 16.1. The van der Waals surface area contributed by atoms with E-state index in [9.17, 15) is 0 Å². The predicted molar refractivity (Wildman–Crippen MR) is 82.3 cm³/mol. The fourth-order valence-electron chi connectivity index (χ4n) is 2.40. The Kier molecular flexibility index (Phi) is 5.09. The second-order valence-corrected chi connectivity index (χ2v) is 5.46. The number of hydrogen-bond donors (Lipinski definition) is 0. The van der Waals surface area contributed by atoms with Gasteiger partial charge >= 0.3 is 0 Å². The lowest BCUT2D eigenvalue weighted by molar-refractivity contribution is -0.00852. The molecule has 7 nitrogen and oxygen atoms in total. The number of nitrogens with zero attached hydrogens (tertiary/aromatic N) is 3. The van der Waals surface area contributed by atoms with Gasteiger partial charge in [0.05, 0.1) is 26.9 Å². The first-order chi connectivity index (χ1) is 11.2. The van der Waals surface area contributed by atoms with E-state index in [1.807, 2.05) is 24.3 Å². The van der Waals surface area contributed by atoms with Crippen molar-refractivity contribution in [1.82, 2.24) is 15.0 Å². The minimum Gasteiger partial charge on any atom is -0.497 e. The number of methoxy groups -OCH3 is 1. The number of benzene rings is 1. The highest BCUT2D eigenvalue weighted by Crippen LogP contribution is 2.18. The van der Waals surface area contributed by atoms with Crippen LogP contribution in [0, 0.1) is 0 Å². The summed E-state index contributed by atoms with van der Waals surface area (Å²) < 4.78 is 21.5. The van der Waals surface area contributed by atoms with Crippen LogP contribution in [0.3, 0.4) is 0 Å². The van der Waals surface area contributed by atoms with Gasteiger partial charge in [-0.3, -0.25) is 4.90 Å². The van der Waals surface area contributed by atoms with Crippen LogP contribution in [0.1, 0.15) is 18.6 Å². The molecule has 1 aromatic heterocycles. The Balaban J connectivity index is 1.52. The smallest absolute Gasteiger partial charge is 0.240 e. The highest BCUT2D eigenvalue weighted by molar-refractivity contribution is 5.31. The highest BCUT2D eigenvalue weighted by Gasteiger charge is 2.21. The third-order valence-corrected chi connectivity index (χ3v) is 3.78. The van der Waals surface area contributed by atoms with E-state index in [-0.39, 0.29) is 6.61 Å². The van der Waals surface area contributed by atoms with E-state index in [0.717, 1.165) is 31.3 Å². The van der Waals surface area contributed by atoms with E-state index in [1.165, 1.54) is 0 Å². The van der Waals surface area contributed by atoms with Crippen LogP contribution < -0.4 is 9.47 Å². The first-order valence-corrected chi connectivity index (χ1v) is 7.64. The van der Waals surface area contributed by atoms with Crippen LogP contribution >= 0.6 is 0 Å². The lowest BCUT2D eigenvalue weighted by Gasteiger charge is -2.31. The fraction of sp³-hybridized carbons (Fsp3) is 0.500. The minimum atomic E-state index is 0.272. The molecule has 3 rings (SSSR count). The van der Waals surface area contributed by atoms with Crippen LogP contribution in [0.4, 0.5) is 0 Å². The average molecular weight is 319 g/mol. The summed E-state index contributed by atoms with van der Waals surface area (Å²) in [6.07, 6.45) is 0. The molecular formula is C16H21N3O4. The van der Waals surface area contributed by atoms with Crippen molar-refractivity contribution >= 4 is 0 Å². The second kappa shape index (κ2) is 7.43. The van der Waals surface area contributed by atoms with Crippen molar-refractivity contribution < 1.29 is 18.7 Å². The van der Waals surface area contributed by atoms with E-state index in [2.05, 4.69) is 22.0 Å². The first kappa shape index (κ1) is 15.8. The summed E-state index contributed by atoms with van der Waals surface area (Å²) in [5.41, 5.74) is 0. The summed E-state index contributed by atoms with van der Waals surface area (Å²) in [6.45, 7) is 5.40. The Bertz CT molecular complexity index is 614. The van der Waals surface area contributed by atoms with Crippen LogP contribution in [0.25, 0.3) is 0 Å². The minimum absolute atomic E-state index is 0.272. The fourth-order valence-corrected chi connectivity index (χ4v) is 2.40. The van der Waals surface area contributed by atoms with Gasteiger partial charge in [0.15, 0.2) is 6.61 Å². The first-order valence-electron chi connectivity index (χ1n) is 7.64. The molecule has 124 valence electrons. The molecular weight excluding hydrogens is 298 g/mol. The number of hydrogen-bond acceptors (Lipinski definition) is 7. The SMILES string of the molecule is COc1ccc(OCc2noc(CN3CCOCC3C)n2)cc1. The molecule has 1 unspecified atom stereocenters. The van der Waals surface area contributed by atoms with Gasteiger partial charge < -0.3 is 18.7 Å². The third kappa shape index (κ3) is 4.20. The predicted octanol–water partition coefficient (Wildman–Crippen LogP) is 1.88. The zero-order valence-corrected chi connectivity index (χ0v) is 13.4. The van der Waals surface area contributed by atoms with Gasteiger partial charge in [0.25, 0.3) is 0 Å². The maximum absolute atomic E-state index is 5.64. The molecule has 0 radical (unpaired) electrons. The van der Waals surface area contributed by atoms with E-state index in [0.29, 0.717) is 24.3 Å². The Morgan fingerprint density at radius 1 is 1.26 bits per heavy atom. The zero-order valence-electron chi connectivity index (χ0n) is 13.4. The van der Waals surface area contributed by atoms with Gasteiger partial charge in [0.1, 0.15) is 11.5 Å². The molecule has 7 heteroatoms. The van der Waals surface area contributed by atoms with Gasteiger partial charge in [-0.2, -0.15) is 4.98 Å². The number of ether oxygens (including phenoxy) is 3. The lowest BCUT2D eigenvalue weighted by atomic mass is 10.2. The summed E-state index contributed by atoms with van der Waals surface area (Å²) in [5, 5.41) is 3.96. The summed E-state index contributed by atoms with van der Waals surface area (Å²) in [4.78, 5) is 6.65. The second-order valence-electron chi connectivity index (χ2n) is 5.46. The lowest BCUT2D eigenvalue weighted by Crippen LogP contribution is -2.42. The highest BCUT2D eigenvalue weighted by atomic mass is 16.5. The quantitative estimate of drug-likeness (QED) is 0.805. The third-order valence-electron chi connectivity index (χ3n) is 3.78. The maximum Gasteiger partial charge on any atom is 0.240 e. The van der Waals surface area contributed by atoms with Crippen molar-refractivity contribution in [3.63, 3.8) is 0 Å². The van der Waals surface area contributed by atoms with Crippen molar-refractivity contribution in [1.29, 1.82) is 0 Å². The molecule has 1 atom stereocenters. The standard InChI is InChI=1S/C16H21N3O4/c1-12-10-21-8-7-19(12)9-16-17-15(18-23-16)11-22-14-5-3-13(20-2)4-6-14/h3-6,12H,7-11H2,1-2H3. The molecule has 0 N–H and O–H groups in total. The molecule has 2 aromatic rings. The Labute approximate surface area is 135 Å². The molecule has 1 saturated heterocycles. The van der Waals surface area contributed by atoms with Crippen LogP contribution in [-0.4, -0.2) is 48.0 Å². The molecule has 2 heterocycles. The van der Waals surface area contributed by atoms with E-state index < -0.39 is 0 Å². The molecule has 0 saturated carbocycles. The summed E-state index contributed by atoms with van der Waals surface area (Å²) in [6, 6.07) is 7.73. The largest absolute Gasteiger partial charge is 0.497 e. The Morgan fingerprint density at radius 2 is 2.04 bits per heavy atom. The van der Waals surface area contributed by atoms with E-state index in [1.54, 1.807) is 7.11 Å². The molecule has 1 aliphatic rings. The van der Waals surface area contributed by atoms with Gasteiger partial charge in [-0.05, 0) is 31.2 Å². The summed E-state index contributed by atoms with van der Waals surface area (Å²) >= 11 is 0. The van der Waals surface area contributed by atoms with Crippen molar-refractivity contribution in [3.8, 4) is 11.5 Å². The average Bonchev–Trinajstić information content (AvgIpc) is 3.03. The van der Waals surface area contributed by atoms with Crippen molar-refractivity contribution in [2.75, 3.05) is 26.9 Å². The van der Waals surface area contributed by atoms with Gasteiger partial charge in [0, 0.05) is 12.6 Å². The molecule has 1 fully saturated rings. The molecule has 23 heavy (non-hydrogen) atoms. The van der Waals surface area contributed by atoms with E-state index in [4.69, 9.17) is 18.7 Å².